The first-order valence-corrected chi connectivity index (χ1v) is 12.6. The number of thioether (sulfide) groups is 1. The van der Waals surface area contributed by atoms with E-state index in [9.17, 15) is 13.2 Å². The molecule has 2 aliphatic heterocycles. The summed E-state index contributed by atoms with van der Waals surface area (Å²) in [4.78, 5) is 18.9. The van der Waals surface area contributed by atoms with E-state index in [0.29, 0.717) is 32.9 Å². The van der Waals surface area contributed by atoms with Gasteiger partial charge in [0.1, 0.15) is 11.5 Å². The molecule has 0 spiro atoms. The van der Waals surface area contributed by atoms with Crippen LogP contribution in [0.1, 0.15) is 5.56 Å². The second kappa shape index (κ2) is 8.72. The van der Waals surface area contributed by atoms with Gasteiger partial charge in [-0.3, -0.25) is 4.79 Å². The number of hydrogen-bond acceptors (Lipinski definition) is 6. The van der Waals surface area contributed by atoms with Crippen molar-refractivity contribution in [3.8, 4) is 11.5 Å². The van der Waals surface area contributed by atoms with Gasteiger partial charge in [-0.15, -0.1) is 0 Å². The van der Waals surface area contributed by atoms with Gasteiger partial charge in [-0.1, -0.05) is 41.6 Å². The first kappa shape index (κ1) is 22.0. The van der Waals surface area contributed by atoms with Gasteiger partial charge in [-0.25, -0.2) is 8.42 Å². The van der Waals surface area contributed by atoms with E-state index < -0.39 is 9.84 Å². The maximum atomic E-state index is 12.8. The fourth-order valence-electron chi connectivity index (χ4n) is 3.78. The zero-order valence-corrected chi connectivity index (χ0v) is 19.3. The van der Waals surface area contributed by atoms with Crippen molar-refractivity contribution in [2.75, 3.05) is 30.6 Å². The van der Waals surface area contributed by atoms with Gasteiger partial charge in [-0.2, -0.15) is 4.99 Å². The number of methoxy groups -OCH3 is 2. The number of fused-ring (bicyclic) bond motifs is 1. The van der Waals surface area contributed by atoms with Crippen LogP contribution in [0.25, 0.3) is 0 Å². The average molecular weight is 481 g/mol. The lowest BCUT2D eigenvalue weighted by Gasteiger charge is -2.26. The standard InChI is InChI=1S/C21H21ClN2O5S2/c1-28-14-7-8-18(29-2)16(10-14)24-17-11-31(26,27)12-19(17)30-21(24)23-20(25)9-13-5-3-4-6-15(13)22/h3-8,10,17,19H,9,11-12H2,1-2H3. The van der Waals surface area contributed by atoms with Gasteiger partial charge in [-0.05, 0) is 23.8 Å². The fourth-order valence-corrected chi connectivity index (χ4v) is 7.91. The first-order valence-electron chi connectivity index (χ1n) is 9.54. The fraction of sp³-hybridized carbons (Fsp3) is 0.333. The molecule has 0 saturated carbocycles. The molecule has 2 aliphatic rings. The molecule has 2 aromatic carbocycles. The van der Waals surface area contributed by atoms with Crippen molar-refractivity contribution in [2.24, 2.45) is 4.99 Å². The van der Waals surface area contributed by atoms with Gasteiger partial charge in [0.2, 0.25) is 0 Å². The Hall–Kier alpha value is -2.23. The molecule has 164 valence electrons. The minimum atomic E-state index is -3.18. The number of hydrogen-bond donors (Lipinski definition) is 0. The lowest BCUT2D eigenvalue weighted by molar-refractivity contribution is -0.117. The number of nitrogens with zero attached hydrogens (tertiary/aromatic N) is 2. The third-order valence-corrected chi connectivity index (χ3v) is 8.81. The molecule has 2 aromatic rings. The van der Waals surface area contributed by atoms with Crippen LogP contribution in [0.3, 0.4) is 0 Å². The third kappa shape index (κ3) is 4.53. The lowest BCUT2D eigenvalue weighted by Crippen LogP contribution is -2.38. The minimum Gasteiger partial charge on any atom is -0.497 e. The zero-order valence-electron chi connectivity index (χ0n) is 16.9. The van der Waals surface area contributed by atoms with E-state index in [1.165, 1.54) is 18.9 Å². The predicted molar refractivity (Wildman–Crippen MR) is 123 cm³/mol. The van der Waals surface area contributed by atoms with Crippen molar-refractivity contribution < 1.29 is 22.7 Å². The van der Waals surface area contributed by atoms with Crippen LogP contribution < -0.4 is 14.4 Å². The van der Waals surface area contributed by atoms with Crippen LogP contribution in [0, 0.1) is 0 Å². The largest absolute Gasteiger partial charge is 0.497 e. The Morgan fingerprint density at radius 3 is 2.68 bits per heavy atom. The van der Waals surface area contributed by atoms with Gasteiger partial charge in [0.15, 0.2) is 15.0 Å². The van der Waals surface area contributed by atoms with Crippen LogP contribution in [0.5, 0.6) is 11.5 Å². The van der Waals surface area contributed by atoms with Gasteiger partial charge < -0.3 is 14.4 Å². The van der Waals surface area contributed by atoms with Crippen LogP contribution in [-0.2, 0) is 21.1 Å². The molecule has 2 saturated heterocycles. The van der Waals surface area contributed by atoms with Crippen LogP contribution in [0.2, 0.25) is 5.02 Å². The number of amides is 1. The lowest BCUT2D eigenvalue weighted by atomic mass is 10.1. The Balaban J connectivity index is 1.73. The van der Waals surface area contributed by atoms with Gasteiger partial charge >= 0.3 is 0 Å². The summed E-state index contributed by atoms with van der Waals surface area (Å²) in [6.07, 6.45) is 0.0560. The Bertz CT molecular complexity index is 1150. The van der Waals surface area contributed by atoms with Crippen LogP contribution >= 0.6 is 23.4 Å². The molecule has 4 rings (SSSR count). The minimum absolute atomic E-state index is 0.0112. The summed E-state index contributed by atoms with van der Waals surface area (Å²) < 4.78 is 35.4. The molecule has 0 aromatic heterocycles. The van der Waals surface area contributed by atoms with Crippen molar-refractivity contribution in [3.63, 3.8) is 0 Å². The molecule has 2 heterocycles. The summed E-state index contributed by atoms with van der Waals surface area (Å²) in [5, 5.41) is 0.741. The van der Waals surface area contributed by atoms with Crippen LogP contribution in [0.4, 0.5) is 5.69 Å². The van der Waals surface area contributed by atoms with Gasteiger partial charge in [0, 0.05) is 16.3 Å². The summed E-state index contributed by atoms with van der Waals surface area (Å²) >= 11 is 7.49. The molecular weight excluding hydrogens is 460 g/mol. The molecule has 10 heteroatoms. The Morgan fingerprint density at radius 1 is 1.19 bits per heavy atom. The van der Waals surface area contributed by atoms with E-state index in [2.05, 4.69) is 4.99 Å². The highest BCUT2D eigenvalue weighted by atomic mass is 35.5. The Labute approximate surface area is 190 Å². The summed E-state index contributed by atoms with van der Waals surface area (Å²) in [6.45, 7) is 0. The van der Waals surface area contributed by atoms with Gasteiger partial charge in [0.05, 0.1) is 43.9 Å². The number of aliphatic imine (C=N–C) groups is 1. The number of benzene rings is 2. The highest BCUT2D eigenvalue weighted by Gasteiger charge is 2.50. The summed E-state index contributed by atoms with van der Waals surface area (Å²) in [5.41, 5.74) is 1.30. The predicted octanol–water partition coefficient (Wildman–Crippen LogP) is 3.20. The quantitative estimate of drug-likeness (QED) is 0.649. The first-order chi connectivity index (χ1) is 14.8. The molecule has 7 nitrogen and oxygen atoms in total. The number of carbonyl (C=O) groups excluding carboxylic acids is 1. The van der Waals surface area contributed by atoms with Crippen LogP contribution in [0.15, 0.2) is 47.5 Å². The molecular formula is C21H21ClN2O5S2. The molecule has 2 atom stereocenters. The molecule has 31 heavy (non-hydrogen) atoms. The van der Waals surface area contributed by atoms with E-state index in [-0.39, 0.29) is 35.1 Å². The van der Waals surface area contributed by atoms with E-state index in [1.807, 2.05) is 6.07 Å². The molecule has 2 unspecified atom stereocenters. The SMILES string of the molecule is COc1ccc(OC)c(N2C(=NC(=O)Cc3ccccc3Cl)SC3CS(=O)(=O)CC32)c1. The Morgan fingerprint density at radius 2 is 1.97 bits per heavy atom. The van der Waals surface area contributed by atoms with E-state index in [4.69, 9.17) is 21.1 Å². The third-order valence-electron chi connectivity index (χ3n) is 5.23. The highest BCUT2D eigenvalue weighted by molar-refractivity contribution is 8.16. The van der Waals surface area contributed by atoms with Crippen molar-refractivity contribution >= 4 is 50.0 Å². The number of ether oxygens (including phenoxy) is 2. The van der Waals surface area contributed by atoms with Crippen molar-refractivity contribution in [2.45, 2.75) is 17.7 Å². The molecule has 2 fully saturated rings. The Kier molecular flexibility index (Phi) is 6.18. The number of rotatable bonds is 5. The molecule has 0 N–H and O–H groups in total. The maximum Gasteiger partial charge on any atom is 0.252 e. The monoisotopic (exact) mass is 480 g/mol. The topological polar surface area (TPSA) is 85.3 Å². The molecule has 1 amide bonds. The van der Waals surface area contributed by atoms with E-state index >= 15 is 0 Å². The smallest absolute Gasteiger partial charge is 0.252 e. The average Bonchev–Trinajstić information content (AvgIpc) is 3.19. The van der Waals surface area contributed by atoms with E-state index in [1.54, 1.807) is 48.4 Å². The van der Waals surface area contributed by atoms with E-state index in [0.717, 1.165) is 0 Å². The molecule has 0 aliphatic carbocycles. The molecule has 0 bridgehead atoms. The van der Waals surface area contributed by atoms with Crippen molar-refractivity contribution in [3.05, 3.63) is 53.1 Å². The number of sulfone groups is 1. The molecule has 0 radical (unpaired) electrons. The number of anilines is 1. The number of halogens is 1. The van der Waals surface area contributed by atoms with Crippen LogP contribution in [-0.4, -0.2) is 56.5 Å². The normalized spacial score (nSPS) is 23.1. The second-order valence-corrected chi connectivity index (χ2v) is 11.0. The maximum absolute atomic E-state index is 12.8. The van der Waals surface area contributed by atoms with Crippen molar-refractivity contribution in [1.29, 1.82) is 0 Å². The number of amidine groups is 1. The van der Waals surface area contributed by atoms with Gasteiger partial charge in [0.25, 0.3) is 5.91 Å². The summed E-state index contributed by atoms with van der Waals surface area (Å²) in [5.74, 6) is 0.806. The number of carbonyl (C=O) groups is 1. The van der Waals surface area contributed by atoms with Crippen molar-refractivity contribution in [1.82, 2.24) is 0 Å². The second-order valence-electron chi connectivity index (χ2n) is 7.26. The summed E-state index contributed by atoms with van der Waals surface area (Å²) in [7, 11) is -0.0903. The zero-order chi connectivity index (χ0) is 22.2. The summed E-state index contributed by atoms with van der Waals surface area (Å²) in [6, 6.07) is 12.1. The highest BCUT2D eigenvalue weighted by Crippen LogP contribution is 2.45.